The highest BCUT2D eigenvalue weighted by atomic mass is 32.1. The minimum absolute atomic E-state index is 0.0855. The van der Waals surface area contributed by atoms with E-state index in [-0.39, 0.29) is 10.7 Å². The summed E-state index contributed by atoms with van der Waals surface area (Å²) in [5.74, 6) is -0.0271. The van der Waals surface area contributed by atoms with Crippen molar-refractivity contribution < 1.29 is 14.3 Å². The summed E-state index contributed by atoms with van der Waals surface area (Å²) in [5, 5.41) is 0.196. The Labute approximate surface area is 147 Å². The summed E-state index contributed by atoms with van der Waals surface area (Å²) in [6.07, 6.45) is 4.01. The summed E-state index contributed by atoms with van der Waals surface area (Å²) in [5.41, 5.74) is 1.79. The van der Waals surface area contributed by atoms with Crippen LogP contribution in [-0.4, -0.2) is 47.4 Å². The first kappa shape index (κ1) is 17.9. The molecule has 1 heterocycles. The van der Waals surface area contributed by atoms with Gasteiger partial charge in [0, 0.05) is 14.1 Å². The molecule has 1 aromatic carbocycles. The zero-order valence-electron chi connectivity index (χ0n) is 14.0. The van der Waals surface area contributed by atoms with E-state index in [2.05, 4.69) is 6.58 Å². The maximum absolute atomic E-state index is 12.4. The van der Waals surface area contributed by atoms with Crippen molar-refractivity contribution in [1.29, 1.82) is 0 Å². The topological polar surface area (TPSA) is 49.9 Å². The minimum atomic E-state index is -0.401. The number of allylic oxidation sites excluding steroid dienone is 1. The predicted molar refractivity (Wildman–Crippen MR) is 97.6 cm³/mol. The van der Waals surface area contributed by atoms with Gasteiger partial charge in [0.15, 0.2) is 5.11 Å². The highest BCUT2D eigenvalue weighted by Crippen LogP contribution is 2.24. The van der Waals surface area contributed by atoms with Crippen LogP contribution in [0.4, 0.5) is 0 Å². The summed E-state index contributed by atoms with van der Waals surface area (Å²) in [6.45, 7) is 6.23. The molecule has 5 nitrogen and oxygen atoms in total. The summed E-state index contributed by atoms with van der Waals surface area (Å²) < 4.78 is 5.59. The van der Waals surface area contributed by atoms with Crippen LogP contribution in [0.25, 0.3) is 6.08 Å². The van der Waals surface area contributed by atoms with Crippen LogP contribution in [0.2, 0.25) is 0 Å². The van der Waals surface area contributed by atoms with Gasteiger partial charge in [0.05, 0.1) is 6.61 Å². The molecule has 126 valence electrons. The van der Waals surface area contributed by atoms with E-state index in [1.807, 2.05) is 25.1 Å². The van der Waals surface area contributed by atoms with Crippen LogP contribution < -0.4 is 4.74 Å². The molecule has 0 saturated carbocycles. The molecule has 0 atom stereocenters. The zero-order valence-corrected chi connectivity index (χ0v) is 14.9. The van der Waals surface area contributed by atoms with Crippen molar-refractivity contribution in [2.24, 2.45) is 0 Å². The molecular formula is C18H20N2O3S. The zero-order chi connectivity index (χ0) is 17.9. The molecule has 0 unspecified atom stereocenters. The summed E-state index contributed by atoms with van der Waals surface area (Å²) >= 11 is 5.08. The summed E-state index contributed by atoms with van der Waals surface area (Å²) in [7, 11) is 3.12. The van der Waals surface area contributed by atoms with Gasteiger partial charge in [-0.05, 0) is 54.9 Å². The molecule has 1 fully saturated rings. The monoisotopic (exact) mass is 344 g/mol. The van der Waals surface area contributed by atoms with Gasteiger partial charge in [-0.2, -0.15) is 0 Å². The highest BCUT2D eigenvalue weighted by Gasteiger charge is 2.35. The third-order valence-electron chi connectivity index (χ3n) is 3.70. The van der Waals surface area contributed by atoms with Gasteiger partial charge < -0.3 is 4.74 Å². The number of carbonyl (C=O) groups is 2. The van der Waals surface area contributed by atoms with Gasteiger partial charge in [-0.25, -0.2) is 0 Å². The molecule has 1 aliphatic heterocycles. The molecule has 6 heteroatoms. The van der Waals surface area contributed by atoms with Crippen molar-refractivity contribution >= 4 is 35.2 Å². The Kier molecular flexibility index (Phi) is 5.51. The van der Waals surface area contributed by atoms with Crippen molar-refractivity contribution in [3.8, 4) is 5.75 Å². The standard InChI is InChI=1S/C18H20N2O3S/c1-5-7-13-10-12(8-9-15(13)23-6-2)11-14-16(21)19(3)18(24)20(4)17(14)22/h5,8-11H,1,6-7H2,2-4H3. The Morgan fingerprint density at radius 3 is 2.38 bits per heavy atom. The number of amides is 2. The molecule has 1 saturated heterocycles. The SMILES string of the molecule is C=CCc1cc(C=C2C(=O)N(C)C(=S)N(C)C2=O)ccc1OCC. The van der Waals surface area contributed by atoms with E-state index >= 15 is 0 Å². The Hall–Kier alpha value is -2.47. The number of carbonyl (C=O) groups excluding carboxylic acids is 2. The van der Waals surface area contributed by atoms with E-state index in [0.29, 0.717) is 13.0 Å². The van der Waals surface area contributed by atoms with E-state index in [1.165, 1.54) is 9.80 Å². The lowest BCUT2D eigenvalue weighted by Gasteiger charge is -2.31. The van der Waals surface area contributed by atoms with Crippen molar-refractivity contribution in [3.05, 3.63) is 47.6 Å². The molecule has 0 radical (unpaired) electrons. The minimum Gasteiger partial charge on any atom is -0.494 e. The highest BCUT2D eigenvalue weighted by molar-refractivity contribution is 7.80. The largest absolute Gasteiger partial charge is 0.494 e. The average molecular weight is 344 g/mol. The van der Waals surface area contributed by atoms with Gasteiger partial charge >= 0.3 is 0 Å². The first-order valence-corrected chi connectivity index (χ1v) is 7.99. The maximum atomic E-state index is 12.4. The number of thiocarbonyl (C=S) groups is 1. The van der Waals surface area contributed by atoms with E-state index in [4.69, 9.17) is 17.0 Å². The van der Waals surface area contributed by atoms with Crippen molar-refractivity contribution in [3.63, 3.8) is 0 Å². The van der Waals surface area contributed by atoms with Gasteiger partial charge in [0.2, 0.25) is 0 Å². The molecule has 0 aliphatic carbocycles. The fraction of sp³-hybridized carbons (Fsp3) is 0.278. The number of hydrogen-bond donors (Lipinski definition) is 0. The fourth-order valence-electron chi connectivity index (χ4n) is 2.44. The van der Waals surface area contributed by atoms with Crippen LogP contribution in [0.5, 0.6) is 5.75 Å². The lowest BCUT2D eigenvalue weighted by molar-refractivity contribution is -0.132. The normalized spacial score (nSPS) is 15.0. The Morgan fingerprint density at radius 2 is 1.83 bits per heavy atom. The van der Waals surface area contributed by atoms with E-state index < -0.39 is 11.8 Å². The Morgan fingerprint density at radius 1 is 1.21 bits per heavy atom. The van der Waals surface area contributed by atoms with E-state index in [1.54, 1.807) is 26.2 Å². The van der Waals surface area contributed by atoms with Crippen LogP contribution in [0.3, 0.4) is 0 Å². The molecule has 1 aromatic rings. The van der Waals surface area contributed by atoms with Crippen molar-refractivity contribution in [2.45, 2.75) is 13.3 Å². The number of nitrogens with zero attached hydrogens (tertiary/aromatic N) is 2. The molecular weight excluding hydrogens is 324 g/mol. The maximum Gasteiger partial charge on any atom is 0.265 e. The molecule has 24 heavy (non-hydrogen) atoms. The van der Waals surface area contributed by atoms with Gasteiger partial charge in [-0.3, -0.25) is 19.4 Å². The number of benzene rings is 1. The Bertz CT molecular complexity index is 714. The smallest absolute Gasteiger partial charge is 0.265 e. The van der Waals surface area contributed by atoms with Crippen molar-refractivity contribution in [2.75, 3.05) is 20.7 Å². The second kappa shape index (κ2) is 7.40. The summed E-state index contributed by atoms with van der Waals surface area (Å²) in [4.78, 5) is 27.3. The Balaban J connectivity index is 2.44. The molecule has 0 spiro atoms. The second-order valence-electron chi connectivity index (χ2n) is 5.36. The molecule has 0 N–H and O–H groups in total. The van der Waals surface area contributed by atoms with Crippen molar-refractivity contribution in [1.82, 2.24) is 9.80 Å². The molecule has 0 bridgehead atoms. The molecule has 0 aromatic heterocycles. The molecule has 1 aliphatic rings. The third-order valence-corrected chi connectivity index (χ3v) is 4.25. The lowest BCUT2D eigenvalue weighted by atomic mass is 10.0. The number of rotatable bonds is 5. The lowest BCUT2D eigenvalue weighted by Crippen LogP contribution is -2.52. The summed E-state index contributed by atoms with van der Waals surface area (Å²) in [6, 6.07) is 5.55. The van der Waals surface area contributed by atoms with Gasteiger partial charge in [0.25, 0.3) is 11.8 Å². The fourth-order valence-corrected chi connectivity index (χ4v) is 2.61. The number of hydrogen-bond acceptors (Lipinski definition) is 4. The first-order valence-electron chi connectivity index (χ1n) is 7.59. The first-order chi connectivity index (χ1) is 11.4. The van der Waals surface area contributed by atoms with Crippen LogP contribution in [0.1, 0.15) is 18.1 Å². The third kappa shape index (κ3) is 3.38. The van der Waals surface area contributed by atoms with Crippen LogP contribution in [0.15, 0.2) is 36.4 Å². The number of likely N-dealkylation sites (N-methyl/N-ethyl adjacent to an activating group) is 2. The van der Waals surface area contributed by atoms with E-state index in [0.717, 1.165) is 16.9 Å². The molecule has 2 rings (SSSR count). The second-order valence-corrected chi connectivity index (χ2v) is 5.73. The van der Waals surface area contributed by atoms with Gasteiger partial charge in [-0.15, -0.1) is 6.58 Å². The van der Waals surface area contributed by atoms with E-state index in [9.17, 15) is 9.59 Å². The predicted octanol–water partition coefficient (Wildman–Crippen LogP) is 2.41. The average Bonchev–Trinajstić information content (AvgIpc) is 2.58. The van der Waals surface area contributed by atoms with Crippen LogP contribution >= 0.6 is 12.2 Å². The van der Waals surface area contributed by atoms with Gasteiger partial charge in [0.1, 0.15) is 11.3 Å². The number of ether oxygens (including phenoxy) is 1. The van der Waals surface area contributed by atoms with Gasteiger partial charge in [-0.1, -0.05) is 12.1 Å². The molecule has 2 amide bonds. The van der Waals surface area contributed by atoms with Crippen LogP contribution in [0, 0.1) is 0 Å². The quantitative estimate of drug-likeness (QED) is 0.356. The van der Waals surface area contributed by atoms with Crippen LogP contribution in [-0.2, 0) is 16.0 Å².